The van der Waals surface area contributed by atoms with Crippen molar-refractivity contribution in [3.8, 4) is 0 Å². The van der Waals surface area contributed by atoms with E-state index in [9.17, 15) is 9.59 Å². The molecule has 0 aromatic heterocycles. The molecule has 0 fully saturated rings. The first-order valence-electron chi connectivity index (χ1n) is 5.56. The number of nitrogens with two attached hydrogens (primary N) is 1. The Bertz CT molecular complexity index is 478. The van der Waals surface area contributed by atoms with Crippen LogP contribution >= 0.6 is 12.2 Å². The number of hydrogen-bond donors (Lipinski definition) is 3. The molecule has 0 spiro atoms. The van der Waals surface area contributed by atoms with E-state index >= 15 is 0 Å². The quantitative estimate of drug-likeness (QED) is 0.673. The number of carbonyl (C=O) groups is 2. The molecule has 0 aliphatic heterocycles. The van der Waals surface area contributed by atoms with Crippen LogP contribution < -0.4 is 16.0 Å². The maximum Gasteiger partial charge on any atom is 0.325 e. The zero-order valence-electron chi connectivity index (χ0n) is 10.4. The highest BCUT2D eigenvalue weighted by atomic mass is 32.1. The smallest absolute Gasteiger partial charge is 0.325 e. The Morgan fingerprint density at radius 1 is 1.42 bits per heavy atom. The van der Waals surface area contributed by atoms with Gasteiger partial charge in [0.2, 0.25) is 5.91 Å². The van der Waals surface area contributed by atoms with Gasteiger partial charge in [0.15, 0.2) is 5.11 Å². The number of hydrogen-bond acceptors (Lipinski definition) is 3. The average molecular weight is 281 g/mol. The van der Waals surface area contributed by atoms with Crippen molar-refractivity contribution in [3.05, 3.63) is 30.3 Å². The minimum atomic E-state index is -1.10. The molecule has 0 unspecified atom stereocenters. The maximum absolute atomic E-state index is 11.7. The van der Waals surface area contributed by atoms with Gasteiger partial charge in [-0.3, -0.25) is 9.59 Å². The molecule has 102 valence electrons. The molecule has 1 aromatic carbocycles. The summed E-state index contributed by atoms with van der Waals surface area (Å²) in [5.74, 6) is -1.57. The Hall–Kier alpha value is -2.15. The molecule has 0 bridgehead atoms. The fourth-order valence-corrected chi connectivity index (χ4v) is 1.57. The zero-order chi connectivity index (χ0) is 14.4. The van der Waals surface area contributed by atoms with Gasteiger partial charge in [0.25, 0.3) is 0 Å². The van der Waals surface area contributed by atoms with Crippen LogP contribution in [0.1, 0.15) is 6.92 Å². The van der Waals surface area contributed by atoms with Gasteiger partial charge in [0, 0.05) is 5.69 Å². The van der Waals surface area contributed by atoms with Crippen molar-refractivity contribution in [1.29, 1.82) is 0 Å². The first kappa shape index (κ1) is 14.9. The van der Waals surface area contributed by atoms with E-state index in [1.165, 1.54) is 11.8 Å². The molecule has 1 aromatic rings. The second-order valence-corrected chi connectivity index (χ2v) is 4.31. The number of benzene rings is 1. The Morgan fingerprint density at radius 2 is 2.00 bits per heavy atom. The van der Waals surface area contributed by atoms with Crippen molar-refractivity contribution >= 4 is 34.9 Å². The van der Waals surface area contributed by atoms with Crippen LogP contribution in [0.4, 0.5) is 5.69 Å². The fraction of sp³-hybridized carbons (Fsp3) is 0.250. The molecule has 7 heteroatoms. The van der Waals surface area contributed by atoms with Gasteiger partial charge in [0.1, 0.15) is 12.6 Å². The number of para-hydroxylation sites is 1. The molecule has 0 aliphatic carbocycles. The molecule has 19 heavy (non-hydrogen) atoms. The summed E-state index contributed by atoms with van der Waals surface area (Å²) >= 11 is 4.89. The lowest BCUT2D eigenvalue weighted by molar-refractivity contribution is -0.141. The predicted octanol–water partition coefficient (Wildman–Crippen LogP) is 0.326. The molecule has 0 saturated heterocycles. The molecule has 1 atom stereocenters. The van der Waals surface area contributed by atoms with Crippen molar-refractivity contribution in [2.45, 2.75) is 13.0 Å². The van der Waals surface area contributed by atoms with Crippen molar-refractivity contribution in [2.24, 2.45) is 5.73 Å². The lowest BCUT2D eigenvalue weighted by Gasteiger charge is -2.22. The lowest BCUT2D eigenvalue weighted by atomic mass is 10.3. The van der Waals surface area contributed by atoms with Gasteiger partial charge in [-0.25, -0.2) is 0 Å². The van der Waals surface area contributed by atoms with Crippen LogP contribution in [-0.4, -0.2) is 34.7 Å². The summed E-state index contributed by atoms with van der Waals surface area (Å²) in [6.45, 7) is 1.25. The van der Waals surface area contributed by atoms with E-state index in [1.54, 1.807) is 24.3 Å². The summed E-state index contributed by atoms with van der Waals surface area (Å²) < 4.78 is 0. The van der Waals surface area contributed by atoms with E-state index in [-0.39, 0.29) is 11.7 Å². The van der Waals surface area contributed by atoms with Gasteiger partial charge in [0.05, 0.1) is 0 Å². The van der Waals surface area contributed by atoms with Crippen LogP contribution in [0.3, 0.4) is 0 Å². The van der Waals surface area contributed by atoms with Crippen LogP contribution in [-0.2, 0) is 9.59 Å². The highest BCUT2D eigenvalue weighted by Gasteiger charge is 2.18. The van der Waals surface area contributed by atoms with Crippen LogP contribution in [0.5, 0.6) is 0 Å². The van der Waals surface area contributed by atoms with Crippen molar-refractivity contribution in [2.75, 3.05) is 11.4 Å². The Morgan fingerprint density at radius 3 is 2.47 bits per heavy atom. The van der Waals surface area contributed by atoms with Crippen molar-refractivity contribution < 1.29 is 14.7 Å². The summed E-state index contributed by atoms with van der Waals surface area (Å²) in [5.41, 5.74) is 6.24. The summed E-state index contributed by atoms with van der Waals surface area (Å²) in [6, 6.07) is 7.96. The van der Waals surface area contributed by atoms with E-state index < -0.39 is 17.9 Å². The van der Waals surface area contributed by atoms with E-state index in [4.69, 9.17) is 23.1 Å². The number of carboxylic acids is 1. The van der Waals surface area contributed by atoms with Crippen molar-refractivity contribution in [1.82, 2.24) is 5.32 Å². The highest BCUT2D eigenvalue weighted by molar-refractivity contribution is 7.80. The summed E-state index contributed by atoms with van der Waals surface area (Å²) in [7, 11) is 0. The van der Waals surface area contributed by atoms with E-state index in [1.807, 2.05) is 6.07 Å². The predicted molar refractivity (Wildman–Crippen MR) is 75.8 cm³/mol. The Kier molecular flexibility index (Phi) is 5.25. The van der Waals surface area contributed by atoms with Crippen LogP contribution in [0.15, 0.2) is 30.3 Å². The molecule has 1 amide bonds. The lowest BCUT2D eigenvalue weighted by Crippen LogP contribution is -2.47. The molecular formula is C12H15N3O3S. The minimum Gasteiger partial charge on any atom is -0.480 e. The van der Waals surface area contributed by atoms with Gasteiger partial charge < -0.3 is 21.1 Å². The number of rotatable bonds is 5. The molecule has 0 aliphatic rings. The van der Waals surface area contributed by atoms with Crippen LogP contribution in [0.25, 0.3) is 0 Å². The van der Waals surface area contributed by atoms with Gasteiger partial charge in [-0.15, -0.1) is 0 Å². The number of carbonyl (C=O) groups excluding carboxylic acids is 1. The third-order valence-corrected chi connectivity index (χ3v) is 2.60. The molecule has 6 nitrogen and oxygen atoms in total. The minimum absolute atomic E-state index is 0.0457. The highest BCUT2D eigenvalue weighted by Crippen LogP contribution is 2.12. The van der Waals surface area contributed by atoms with Gasteiger partial charge in [-0.1, -0.05) is 18.2 Å². The zero-order valence-corrected chi connectivity index (χ0v) is 11.2. The second kappa shape index (κ2) is 6.69. The molecular weight excluding hydrogens is 266 g/mol. The van der Waals surface area contributed by atoms with Gasteiger partial charge >= 0.3 is 5.97 Å². The third kappa shape index (κ3) is 4.55. The standard InChI is InChI=1S/C12H15N3O3S/c1-8(11(17)18)14-10(16)7-15(12(13)19)9-5-3-2-4-6-9/h2-6,8H,7H2,1H3,(H2,13,19)(H,14,16)(H,17,18)/t8-/m0/s1. The normalized spacial score (nSPS) is 11.4. The number of carboxylic acid groups (broad SMARTS) is 1. The molecule has 0 radical (unpaired) electrons. The van der Waals surface area contributed by atoms with Gasteiger partial charge in [-0.05, 0) is 31.3 Å². The van der Waals surface area contributed by atoms with Gasteiger partial charge in [-0.2, -0.15) is 0 Å². The number of aliphatic carboxylic acids is 1. The monoisotopic (exact) mass is 281 g/mol. The summed E-state index contributed by atoms with van der Waals surface area (Å²) in [4.78, 5) is 23.8. The molecule has 4 N–H and O–H groups in total. The Labute approximate surface area is 116 Å². The number of anilines is 1. The van der Waals surface area contributed by atoms with E-state index in [2.05, 4.69) is 5.32 Å². The fourth-order valence-electron chi connectivity index (χ4n) is 1.40. The molecule has 0 saturated carbocycles. The molecule has 0 heterocycles. The average Bonchev–Trinajstić information content (AvgIpc) is 2.36. The largest absolute Gasteiger partial charge is 0.480 e. The number of amides is 1. The van der Waals surface area contributed by atoms with Crippen molar-refractivity contribution in [3.63, 3.8) is 0 Å². The first-order valence-corrected chi connectivity index (χ1v) is 5.97. The number of thiocarbonyl (C=S) groups is 1. The maximum atomic E-state index is 11.7. The molecule has 1 rings (SSSR count). The number of nitrogens with one attached hydrogen (secondary N) is 1. The van der Waals surface area contributed by atoms with Crippen LogP contribution in [0.2, 0.25) is 0 Å². The van der Waals surface area contributed by atoms with Crippen LogP contribution in [0, 0.1) is 0 Å². The summed E-state index contributed by atoms with van der Waals surface area (Å²) in [6.07, 6.45) is 0. The van der Waals surface area contributed by atoms with E-state index in [0.717, 1.165) is 0 Å². The number of nitrogens with zero attached hydrogens (tertiary/aromatic N) is 1. The third-order valence-electron chi connectivity index (χ3n) is 2.38. The Balaban J connectivity index is 2.73. The second-order valence-electron chi connectivity index (χ2n) is 3.89. The summed E-state index contributed by atoms with van der Waals surface area (Å²) in [5, 5.41) is 11.1. The topological polar surface area (TPSA) is 95.7 Å². The SMILES string of the molecule is C[C@H](NC(=O)CN(C(N)=S)c1ccccc1)C(=O)O. The van der Waals surface area contributed by atoms with E-state index in [0.29, 0.717) is 5.69 Å². The first-order chi connectivity index (χ1) is 8.91.